The minimum Gasteiger partial charge on any atom is -0.493 e. The maximum absolute atomic E-state index is 12.2. The highest BCUT2D eigenvalue weighted by molar-refractivity contribution is 6.17. The number of allylic oxidation sites excluding steroid dienone is 4. The van der Waals surface area contributed by atoms with Crippen LogP contribution in [-0.2, 0) is 4.79 Å². The standard InChI is InChI=1S/C18H17NO3/c1-10(2)18(20)15(9-19)13-6-11(3)12-7-16(21-4)17(22-5)8-14(12)13/h7-8H,1,3,6H2,2,4-5H3/b15-13+. The van der Waals surface area contributed by atoms with Crippen LogP contribution in [0.4, 0.5) is 0 Å². The average Bonchev–Trinajstić information content (AvgIpc) is 2.82. The summed E-state index contributed by atoms with van der Waals surface area (Å²) >= 11 is 0. The lowest BCUT2D eigenvalue weighted by molar-refractivity contribution is -0.111. The number of fused-ring (bicyclic) bond motifs is 1. The first-order valence-corrected chi connectivity index (χ1v) is 6.72. The Morgan fingerprint density at radius 1 is 1.23 bits per heavy atom. The Morgan fingerprint density at radius 3 is 2.23 bits per heavy atom. The second-order valence-electron chi connectivity index (χ2n) is 5.11. The topological polar surface area (TPSA) is 59.3 Å². The zero-order chi connectivity index (χ0) is 16.4. The molecular weight excluding hydrogens is 278 g/mol. The molecular formula is C18H17NO3. The van der Waals surface area contributed by atoms with Gasteiger partial charge in [0.1, 0.15) is 11.6 Å². The number of nitriles is 1. The fourth-order valence-electron chi connectivity index (χ4n) is 2.52. The van der Waals surface area contributed by atoms with Gasteiger partial charge < -0.3 is 9.47 Å². The Balaban J connectivity index is 2.73. The lowest BCUT2D eigenvalue weighted by Crippen LogP contribution is -2.04. The van der Waals surface area contributed by atoms with Crippen LogP contribution in [0.25, 0.3) is 11.1 Å². The Morgan fingerprint density at radius 2 is 1.77 bits per heavy atom. The molecule has 0 N–H and O–H groups in total. The van der Waals surface area contributed by atoms with E-state index in [0.717, 1.165) is 16.7 Å². The van der Waals surface area contributed by atoms with Gasteiger partial charge in [-0.15, -0.1) is 0 Å². The van der Waals surface area contributed by atoms with Crippen molar-refractivity contribution in [2.75, 3.05) is 14.2 Å². The molecule has 0 unspecified atom stereocenters. The third-order valence-electron chi connectivity index (χ3n) is 3.65. The number of ketones is 1. The van der Waals surface area contributed by atoms with E-state index < -0.39 is 0 Å². The van der Waals surface area contributed by atoms with E-state index in [0.29, 0.717) is 29.1 Å². The van der Waals surface area contributed by atoms with Crippen molar-refractivity contribution < 1.29 is 14.3 Å². The number of nitrogens with zero attached hydrogens (tertiary/aromatic N) is 1. The fraction of sp³-hybridized carbons (Fsp3) is 0.222. The summed E-state index contributed by atoms with van der Waals surface area (Å²) in [5.74, 6) is 0.801. The molecule has 4 nitrogen and oxygen atoms in total. The zero-order valence-corrected chi connectivity index (χ0v) is 12.9. The molecule has 0 atom stereocenters. The van der Waals surface area contributed by atoms with Crippen LogP contribution in [0.1, 0.15) is 24.5 Å². The molecule has 0 aliphatic heterocycles. The van der Waals surface area contributed by atoms with Gasteiger partial charge in [0, 0.05) is 0 Å². The first kappa shape index (κ1) is 15.6. The maximum Gasteiger partial charge on any atom is 0.198 e. The van der Waals surface area contributed by atoms with Crippen LogP contribution in [0.2, 0.25) is 0 Å². The largest absolute Gasteiger partial charge is 0.493 e. The number of methoxy groups -OCH3 is 2. The molecule has 4 heteroatoms. The molecule has 0 aromatic heterocycles. The van der Waals surface area contributed by atoms with Crippen molar-refractivity contribution in [2.24, 2.45) is 0 Å². The van der Waals surface area contributed by atoms with Crippen molar-refractivity contribution in [3.05, 3.63) is 47.6 Å². The monoisotopic (exact) mass is 295 g/mol. The van der Waals surface area contributed by atoms with Gasteiger partial charge in [0.05, 0.1) is 14.2 Å². The number of hydrogen-bond donors (Lipinski definition) is 0. The molecule has 0 bridgehead atoms. The molecule has 22 heavy (non-hydrogen) atoms. The molecule has 0 saturated heterocycles. The quantitative estimate of drug-likeness (QED) is 0.629. The van der Waals surface area contributed by atoms with Gasteiger partial charge in [-0.1, -0.05) is 13.2 Å². The summed E-state index contributed by atoms with van der Waals surface area (Å²) in [4.78, 5) is 12.2. The van der Waals surface area contributed by atoms with Crippen molar-refractivity contribution >= 4 is 16.9 Å². The summed E-state index contributed by atoms with van der Waals surface area (Å²) in [6, 6.07) is 5.61. The van der Waals surface area contributed by atoms with E-state index in [9.17, 15) is 10.1 Å². The Labute approximate surface area is 130 Å². The van der Waals surface area contributed by atoms with E-state index in [-0.39, 0.29) is 11.4 Å². The van der Waals surface area contributed by atoms with Gasteiger partial charge in [-0.2, -0.15) is 5.26 Å². The van der Waals surface area contributed by atoms with E-state index >= 15 is 0 Å². The summed E-state index contributed by atoms with van der Waals surface area (Å²) in [6.45, 7) is 9.25. The number of Topliss-reactive ketones (excluding diaryl/α,β-unsaturated/α-hetero) is 1. The van der Waals surface area contributed by atoms with Crippen LogP contribution in [0, 0.1) is 11.3 Å². The van der Waals surface area contributed by atoms with Crippen molar-refractivity contribution in [3.8, 4) is 17.6 Å². The zero-order valence-electron chi connectivity index (χ0n) is 12.9. The molecule has 0 fully saturated rings. The Kier molecular flexibility index (Phi) is 4.18. The molecule has 1 aliphatic carbocycles. The van der Waals surface area contributed by atoms with Gasteiger partial charge in [0.15, 0.2) is 17.3 Å². The third kappa shape index (κ3) is 2.42. The highest BCUT2D eigenvalue weighted by Crippen LogP contribution is 2.46. The van der Waals surface area contributed by atoms with Gasteiger partial charge in [-0.05, 0) is 53.3 Å². The minimum atomic E-state index is -0.340. The molecule has 1 aromatic rings. The molecule has 0 heterocycles. The fourth-order valence-corrected chi connectivity index (χ4v) is 2.52. The van der Waals surface area contributed by atoms with Crippen LogP contribution in [-0.4, -0.2) is 20.0 Å². The van der Waals surface area contributed by atoms with Crippen LogP contribution in [0.5, 0.6) is 11.5 Å². The minimum absolute atomic E-state index is 0.111. The second-order valence-corrected chi connectivity index (χ2v) is 5.11. The molecule has 1 aromatic carbocycles. The van der Waals surface area contributed by atoms with Gasteiger partial charge in [-0.3, -0.25) is 4.79 Å². The molecule has 0 amide bonds. The highest BCUT2D eigenvalue weighted by Gasteiger charge is 2.28. The highest BCUT2D eigenvalue weighted by atomic mass is 16.5. The molecule has 112 valence electrons. The van der Waals surface area contributed by atoms with Crippen molar-refractivity contribution in [3.63, 3.8) is 0 Å². The normalized spacial score (nSPS) is 14.9. The van der Waals surface area contributed by atoms with Crippen LogP contribution in [0.3, 0.4) is 0 Å². The van der Waals surface area contributed by atoms with Gasteiger partial charge in [-0.25, -0.2) is 0 Å². The summed E-state index contributed by atoms with van der Waals surface area (Å²) in [5, 5.41) is 9.39. The molecule has 1 aliphatic rings. The van der Waals surface area contributed by atoms with E-state index in [2.05, 4.69) is 13.2 Å². The van der Waals surface area contributed by atoms with Crippen LogP contribution >= 0.6 is 0 Å². The second kappa shape index (κ2) is 5.90. The number of ether oxygens (including phenoxy) is 2. The van der Waals surface area contributed by atoms with Crippen molar-refractivity contribution in [1.29, 1.82) is 5.26 Å². The Bertz CT molecular complexity index is 763. The van der Waals surface area contributed by atoms with Crippen LogP contribution < -0.4 is 9.47 Å². The van der Waals surface area contributed by atoms with E-state index in [1.807, 2.05) is 12.1 Å². The Hall–Kier alpha value is -2.80. The number of benzene rings is 1. The summed E-state index contributed by atoms with van der Waals surface area (Å²) < 4.78 is 10.6. The predicted molar refractivity (Wildman–Crippen MR) is 85.6 cm³/mol. The smallest absolute Gasteiger partial charge is 0.198 e. The number of carbonyl (C=O) groups excluding carboxylic acids is 1. The van der Waals surface area contributed by atoms with E-state index in [4.69, 9.17) is 9.47 Å². The summed E-state index contributed by atoms with van der Waals surface area (Å²) in [5.41, 5.74) is 3.61. The van der Waals surface area contributed by atoms with Crippen molar-refractivity contribution in [1.82, 2.24) is 0 Å². The lowest BCUT2D eigenvalue weighted by Gasteiger charge is -2.11. The van der Waals surface area contributed by atoms with E-state index in [1.54, 1.807) is 27.2 Å². The lowest BCUT2D eigenvalue weighted by atomic mass is 9.96. The summed E-state index contributed by atoms with van der Waals surface area (Å²) in [7, 11) is 3.10. The van der Waals surface area contributed by atoms with Gasteiger partial charge >= 0.3 is 0 Å². The molecule has 0 spiro atoms. The van der Waals surface area contributed by atoms with Gasteiger partial charge in [0.2, 0.25) is 0 Å². The summed E-state index contributed by atoms with van der Waals surface area (Å²) in [6.07, 6.45) is 0.452. The average molecular weight is 295 g/mol. The molecule has 0 radical (unpaired) electrons. The first-order valence-electron chi connectivity index (χ1n) is 6.72. The van der Waals surface area contributed by atoms with Crippen molar-refractivity contribution in [2.45, 2.75) is 13.3 Å². The van der Waals surface area contributed by atoms with Crippen LogP contribution in [0.15, 0.2) is 36.4 Å². The number of hydrogen-bond acceptors (Lipinski definition) is 4. The predicted octanol–water partition coefficient (Wildman–Crippen LogP) is 3.54. The third-order valence-corrected chi connectivity index (χ3v) is 3.65. The number of rotatable bonds is 4. The van der Waals surface area contributed by atoms with E-state index in [1.165, 1.54) is 0 Å². The first-order chi connectivity index (χ1) is 10.4. The maximum atomic E-state index is 12.2. The SMILES string of the molecule is C=C(C)C(=O)/C(C#N)=C1\CC(=C)c2cc(OC)c(OC)cc21. The van der Waals surface area contributed by atoms with Gasteiger partial charge in [0.25, 0.3) is 0 Å². The molecule has 0 saturated carbocycles. The number of carbonyl (C=O) groups is 1. The molecule has 2 rings (SSSR count).